The van der Waals surface area contributed by atoms with Crippen molar-refractivity contribution in [1.29, 1.82) is 0 Å². The van der Waals surface area contributed by atoms with Crippen molar-refractivity contribution in [1.82, 2.24) is 0 Å². The summed E-state index contributed by atoms with van der Waals surface area (Å²) in [6, 6.07) is 17.2. The van der Waals surface area contributed by atoms with Crippen LogP contribution in [0.25, 0.3) is 0 Å². The molecule has 142 valence electrons. The van der Waals surface area contributed by atoms with E-state index in [2.05, 4.69) is 16.8 Å². The fourth-order valence-corrected chi connectivity index (χ4v) is 2.30. The third-order valence-corrected chi connectivity index (χ3v) is 3.77. The molecule has 0 atom stereocenters. The van der Waals surface area contributed by atoms with Gasteiger partial charge in [0.1, 0.15) is 11.4 Å². The highest BCUT2D eigenvalue weighted by Crippen LogP contribution is 2.28. The Morgan fingerprint density at radius 2 is 1.56 bits per heavy atom. The summed E-state index contributed by atoms with van der Waals surface area (Å²) < 4.78 is 10.9. The Balaban J connectivity index is 1.68. The van der Waals surface area contributed by atoms with E-state index in [-0.39, 0.29) is 5.97 Å². The van der Waals surface area contributed by atoms with Crippen LogP contribution in [0.1, 0.15) is 32.6 Å². The molecule has 2 rings (SSSR count). The third-order valence-electron chi connectivity index (χ3n) is 3.77. The molecule has 0 aliphatic rings. The van der Waals surface area contributed by atoms with Gasteiger partial charge in [-0.25, -0.2) is 4.79 Å². The monoisotopic (exact) mass is 366 g/mol. The average Bonchev–Trinajstić information content (AvgIpc) is 2.69. The van der Waals surface area contributed by atoms with Gasteiger partial charge in [0.15, 0.2) is 0 Å². The van der Waals surface area contributed by atoms with Crippen LogP contribution >= 0.6 is 0 Å². The number of nitrogens with zero attached hydrogens (tertiary/aromatic N) is 2. The van der Waals surface area contributed by atoms with Gasteiger partial charge >= 0.3 is 5.97 Å². The molecule has 0 aliphatic heterocycles. The Kier molecular flexibility index (Phi) is 8.77. The molecular formula is C22H26N2O3. The first-order chi connectivity index (χ1) is 13.2. The molecule has 0 heterocycles. The predicted octanol–water partition coefficient (Wildman–Crippen LogP) is 6.16. The lowest BCUT2D eigenvalue weighted by Crippen LogP contribution is -2.06. The van der Waals surface area contributed by atoms with Gasteiger partial charge in [-0.05, 0) is 56.9 Å². The number of carbonyl (C=O) groups is 1. The summed E-state index contributed by atoms with van der Waals surface area (Å²) in [5, 5.41) is 8.53. The lowest BCUT2D eigenvalue weighted by atomic mass is 10.2. The van der Waals surface area contributed by atoms with Gasteiger partial charge < -0.3 is 9.47 Å². The van der Waals surface area contributed by atoms with Crippen LogP contribution in [-0.4, -0.2) is 19.2 Å². The van der Waals surface area contributed by atoms with Crippen LogP contribution < -0.4 is 4.74 Å². The van der Waals surface area contributed by atoms with Crippen LogP contribution in [0.2, 0.25) is 0 Å². The van der Waals surface area contributed by atoms with Gasteiger partial charge in [-0.1, -0.05) is 36.9 Å². The maximum absolute atomic E-state index is 11.3. The number of azo groups is 1. The van der Waals surface area contributed by atoms with Crippen LogP contribution in [0, 0.1) is 0 Å². The molecule has 0 radical (unpaired) electrons. The first kappa shape index (κ1) is 20.4. The minimum atomic E-state index is -0.320. The predicted molar refractivity (Wildman–Crippen MR) is 107 cm³/mol. The second-order valence-corrected chi connectivity index (χ2v) is 6.18. The molecule has 0 spiro atoms. The molecule has 27 heavy (non-hydrogen) atoms. The number of carbonyl (C=O) groups excluding carboxylic acids is 1. The largest absolute Gasteiger partial charge is 0.491 e. The third kappa shape index (κ3) is 7.86. The zero-order chi connectivity index (χ0) is 19.3. The van der Waals surface area contributed by atoms with Crippen molar-refractivity contribution in [3.63, 3.8) is 0 Å². The van der Waals surface area contributed by atoms with Gasteiger partial charge in [-0.2, -0.15) is 5.11 Å². The molecule has 0 amide bonds. The smallest absolute Gasteiger partial charge is 0.333 e. The number of unbranched alkanes of at least 4 members (excludes halogenated alkanes) is 3. The maximum atomic E-state index is 11.3. The van der Waals surface area contributed by atoms with E-state index >= 15 is 0 Å². The first-order valence-corrected chi connectivity index (χ1v) is 9.18. The number of esters is 1. The molecule has 2 aromatic rings. The molecule has 0 N–H and O–H groups in total. The minimum absolute atomic E-state index is 0.320. The lowest BCUT2D eigenvalue weighted by Gasteiger charge is -2.08. The molecule has 0 fully saturated rings. The number of hydrogen-bond acceptors (Lipinski definition) is 5. The van der Waals surface area contributed by atoms with Crippen molar-refractivity contribution in [2.24, 2.45) is 10.2 Å². The molecule has 2 aromatic carbocycles. The summed E-state index contributed by atoms with van der Waals surface area (Å²) in [5.41, 5.74) is 1.96. The van der Waals surface area contributed by atoms with Gasteiger partial charge in [-0.3, -0.25) is 0 Å². The minimum Gasteiger partial charge on any atom is -0.491 e. The first-order valence-electron chi connectivity index (χ1n) is 9.18. The van der Waals surface area contributed by atoms with Gasteiger partial charge in [0.05, 0.1) is 18.9 Å². The number of para-hydroxylation sites is 1. The number of ether oxygens (including phenoxy) is 2. The molecule has 0 aliphatic carbocycles. The number of rotatable bonds is 11. The summed E-state index contributed by atoms with van der Waals surface area (Å²) >= 11 is 0. The number of hydrogen-bond donors (Lipinski definition) is 0. The van der Waals surface area contributed by atoms with Crippen LogP contribution in [-0.2, 0) is 9.53 Å². The van der Waals surface area contributed by atoms with Crippen LogP contribution in [0.3, 0.4) is 0 Å². The van der Waals surface area contributed by atoms with Crippen molar-refractivity contribution in [2.45, 2.75) is 32.6 Å². The fourth-order valence-electron chi connectivity index (χ4n) is 2.30. The zero-order valence-electron chi connectivity index (χ0n) is 15.8. The number of benzene rings is 2. The lowest BCUT2D eigenvalue weighted by molar-refractivity contribution is -0.139. The standard InChI is InChI=1S/C22H26N2O3/c1-18(2)22(25)27-17-11-4-3-10-16-26-21-15-9-8-14-20(21)24-23-19-12-6-5-7-13-19/h5-9,12-15H,1,3-4,10-11,16-17H2,2H3. The Bertz CT molecular complexity index is 757. The van der Waals surface area contributed by atoms with Gasteiger partial charge in [0, 0.05) is 5.57 Å². The van der Waals surface area contributed by atoms with Crippen molar-refractivity contribution in [3.8, 4) is 5.75 Å². The molecule has 5 heteroatoms. The van der Waals surface area contributed by atoms with Gasteiger partial charge in [0.25, 0.3) is 0 Å². The topological polar surface area (TPSA) is 60.2 Å². The van der Waals surface area contributed by atoms with Crippen LogP contribution in [0.5, 0.6) is 5.75 Å². The van der Waals surface area contributed by atoms with E-state index in [4.69, 9.17) is 9.47 Å². The normalized spacial score (nSPS) is 10.7. The summed E-state index contributed by atoms with van der Waals surface area (Å²) in [5.74, 6) is 0.409. The quantitative estimate of drug-likeness (QED) is 0.207. The van der Waals surface area contributed by atoms with E-state index in [0.29, 0.717) is 24.5 Å². The second kappa shape index (κ2) is 11.6. The highest BCUT2D eigenvalue weighted by Gasteiger charge is 2.03. The Morgan fingerprint density at radius 1 is 0.889 bits per heavy atom. The van der Waals surface area contributed by atoms with E-state index in [1.807, 2.05) is 54.6 Å². The molecule has 0 saturated heterocycles. The summed E-state index contributed by atoms with van der Waals surface area (Å²) in [6.07, 6.45) is 3.78. The fraction of sp³-hybridized carbons (Fsp3) is 0.318. The summed E-state index contributed by atoms with van der Waals surface area (Å²) in [6.45, 7) is 6.26. The van der Waals surface area contributed by atoms with E-state index in [9.17, 15) is 4.79 Å². The van der Waals surface area contributed by atoms with Crippen LogP contribution in [0.4, 0.5) is 11.4 Å². The highest BCUT2D eigenvalue weighted by molar-refractivity contribution is 5.86. The second-order valence-electron chi connectivity index (χ2n) is 6.18. The summed E-state index contributed by atoms with van der Waals surface area (Å²) in [7, 11) is 0. The molecule has 5 nitrogen and oxygen atoms in total. The van der Waals surface area contributed by atoms with E-state index in [1.54, 1.807) is 6.92 Å². The summed E-state index contributed by atoms with van der Waals surface area (Å²) in [4.78, 5) is 11.3. The average molecular weight is 366 g/mol. The van der Waals surface area contributed by atoms with E-state index in [0.717, 1.165) is 37.1 Å². The molecular weight excluding hydrogens is 340 g/mol. The SMILES string of the molecule is C=C(C)C(=O)OCCCCCCOc1ccccc1N=Nc1ccccc1. The Hall–Kier alpha value is -2.95. The molecule has 0 saturated carbocycles. The van der Waals surface area contributed by atoms with Crippen LogP contribution in [0.15, 0.2) is 77.0 Å². The molecule has 0 bridgehead atoms. The van der Waals surface area contributed by atoms with Crippen molar-refractivity contribution >= 4 is 17.3 Å². The van der Waals surface area contributed by atoms with Gasteiger partial charge in [0.2, 0.25) is 0 Å². The van der Waals surface area contributed by atoms with Gasteiger partial charge in [-0.15, -0.1) is 5.11 Å². The molecule has 0 unspecified atom stereocenters. The van der Waals surface area contributed by atoms with E-state index in [1.165, 1.54) is 0 Å². The Labute approximate surface area is 160 Å². The maximum Gasteiger partial charge on any atom is 0.333 e. The Morgan fingerprint density at radius 3 is 2.30 bits per heavy atom. The van der Waals surface area contributed by atoms with Crippen molar-refractivity contribution in [3.05, 3.63) is 66.7 Å². The van der Waals surface area contributed by atoms with Crippen molar-refractivity contribution < 1.29 is 14.3 Å². The highest BCUT2D eigenvalue weighted by atomic mass is 16.5. The van der Waals surface area contributed by atoms with E-state index < -0.39 is 0 Å². The molecule has 0 aromatic heterocycles. The van der Waals surface area contributed by atoms with Crippen molar-refractivity contribution in [2.75, 3.05) is 13.2 Å². The zero-order valence-corrected chi connectivity index (χ0v) is 15.8.